The predicted octanol–water partition coefficient (Wildman–Crippen LogP) is 2.76. The third kappa shape index (κ3) is 2.07. The molecule has 1 aliphatic carbocycles. The molecule has 2 saturated heterocycles. The van der Waals surface area contributed by atoms with Gasteiger partial charge >= 0.3 is 0 Å². The Balaban J connectivity index is 0.00000108. The van der Waals surface area contributed by atoms with Crippen molar-refractivity contribution in [1.82, 2.24) is 5.32 Å². The Bertz CT molecular complexity index is 349. The van der Waals surface area contributed by atoms with Gasteiger partial charge in [0.25, 0.3) is 0 Å². The Labute approximate surface area is 98.5 Å². The van der Waals surface area contributed by atoms with Crippen molar-refractivity contribution in [2.45, 2.75) is 38.3 Å². The summed E-state index contributed by atoms with van der Waals surface area (Å²) in [6, 6.07) is 9.66. The van der Waals surface area contributed by atoms with E-state index in [1.165, 1.54) is 24.8 Å². The average molecular weight is 219 g/mol. The minimum absolute atomic E-state index is 0. The number of rotatable bonds is 3. The molecule has 1 atom stereocenters. The van der Waals surface area contributed by atoms with E-state index in [0.717, 1.165) is 24.3 Å². The molecule has 0 spiro atoms. The van der Waals surface area contributed by atoms with E-state index in [2.05, 4.69) is 36.5 Å². The van der Waals surface area contributed by atoms with Gasteiger partial charge in [0.05, 0.1) is 0 Å². The van der Waals surface area contributed by atoms with Crippen LogP contribution in [0.15, 0.2) is 24.3 Å². The zero-order chi connectivity index (χ0) is 11.0. The fourth-order valence-electron chi connectivity index (χ4n) is 2.82. The molecule has 2 heterocycles. The summed E-state index contributed by atoms with van der Waals surface area (Å²) in [5.41, 5.74) is 1.28. The summed E-state index contributed by atoms with van der Waals surface area (Å²) in [6.45, 7) is 2.91. The lowest BCUT2D eigenvalue weighted by Crippen LogP contribution is -2.55. The number of nitrogens with one attached hydrogen (secondary N) is 1. The lowest BCUT2D eigenvalue weighted by Gasteiger charge is -2.46. The molecule has 88 valence electrons. The van der Waals surface area contributed by atoms with Crippen LogP contribution in [0.2, 0.25) is 0 Å². The molecule has 3 fully saturated rings. The minimum atomic E-state index is 0. The Morgan fingerprint density at radius 1 is 1.25 bits per heavy atom. The number of piperidine rings is 2. The van der Waals surface area contributed by atoms with Gasteiger partial charge in [0.15, 0.2) is 0 Å². The largest absolute Gasteiger partial charge is 0.492 e. The fourth-order valence-corrected chi connectivity index (χ4v) is 2.82. The van der Waals surface area contributed by atoms with Gasteiger partial charge in [-0.05, 0) is 44.2 Å². The van der Waals surface area contributed by atoms with E-state index in [1.54, 1.807) is 0 Å². The molecular weight excluding hydrogens is 198 g/mol. The molecule has 16 heavy (non-hydrogen) atoms. The van der Waals surface area contributed by atoms with Crippen LogP contribution in [0, 0.1) is 12.8 Å². The number of benzene rings is 1. The van der Waals surface area contributed by atoms with Gasteiger partial charge in [-0.1, -0.05) is 17.7 Å². The van der Waals surface area contributed by atoms with Gasteiger partial charge in [-0.3, -0.25) is 0 Å². The molecule has 2 bridgehead atoms. The van der Waals surface area contributed by atoms with E-state index in [9.17, 15) is 0 Å². The maximum absolute atomic E-state index is 5.81. The van der Waals surface area contributed by atoms with Crippen molar-refractivity contribution in [1.29, 1.82) is 0 Å². The number of fused-ring (bicyclic) bond motifs is 2. The van der Waals surface area contributed by atoms with Crippen LogP contribution in [0.3, 0.4) is 0 Å². The molecule has 1 saturated carbocycles. The summed E-state index contributed by atoms with van der Waals surface area (Å²) in [6.07, 6.45) is 4.07. The first-order valence-corrected chi connectivity index (χ1v) is 6.25. The molecule has 2 nitrogen and oxygen atoms in total. The van der Waals surface area contributed by atoms with E-state index in [0.29, 0.717) is 6.04 Å². The van der Waals surface area contributed by atoms with Crippen molar-refractivity contribution in [3.05, 3.63) is 29.8 Å². The molecule has 2 aliphatic heterocycles. The summed E-state index contributed by atoms with van der Waals surface area (Å²) in [4.78, 5) is 0. The smallest absolute Gasteiger partial charge is 0.119 e. The highest BCUT2D eigenvalue weighted by Gasteiger charge is 2.37. The average Bonchev–Trinajstić information content (AvgIpc) is 2.28. The third-order valence-electron chi connectivity index (χ3n) is 3.80. The van der Waals surface area contributed by atoms with Gasteiger partial charge in [0.1, 0.15) is 12.4 Å². The van der Waals surface area contributed by atoms with Crippen LogP contribution in [0.25, 0.3) is 0 Å². The Kier molecular flexibility index (Phi) is 2.60. The zero-order valence-corrected chi connectivity index (χ0v) is 9.78. The highest BCUT2D eigenvalue weighted by Crippen LogP contribution is 2.36. The molecule has 0 radical (unpaired) electrons. The minimum Gasteiger partial charge on any atom is -0.492 e. The Morgan fingerprint density at radius 2 is 2.00 bits per heavy atom. The van der Waals surface area contributed by atoms with Crippen molar-refractivity contribution in [2.24, 2.45) is 5.92 Å². The molecule has 1 aromatic carbocycles. The molecule has 3 aliphatic rings. The second-order valence-corrected chi connectivity index (χ2v) is 5.26. The van der Waals surface area contributed by atoms with Crippen molar-refractivity contribution >= 4 is 0 Å². The number of hydrogen-bond acceptors (Lipinski definition) is 2. The van der Waals surface area contributed by atoms with Crippen LogP contribution in [-0.2, 0) is 0 Å². The molecule has 4 rings (SSSR count). The van der Waals surface area contributed by atoms with Gasteiger partial charge in [0, 0.05) is 13.5 Å². The molecule has 0 amide bonds. The summed E-state index contributed by atoms with van der Waals surface area (Å²) in [7, 11) is 0. The summed E-state index contributed by atoms with van der Waals surface area (Å²) >= 11 is 0. The molecule has 2 heteroatoms. The van der Waals surface area contributed by atoms with Crippen molar-refractivity contribution in [3.8, 4) is 5.75 Å². The molecule has 1 N–H and O–H groups in total. The molecule has 0 aromatic heterocycles. The monoisotopic (exact) mass is 219 g/mol. The number of hydrogen-bond donors (Lipinski definition) is 1. The number of aryl methyl sites for hydroxylation is 1. The van der Waals surface area contributed by atoms with Gasteiger partial charge < -0.3 is 10.1 Å². The van der Waals surface area contributed by atoms with Crippen LogP contribution >= 0.6 is 0 Å². The lowest BCUT2D eigenvalue weighted by atomic mass is 9.72. The summed E-state index contributed by atoms with van der Waals surface area (Å²) < 4.78 is 5.81. The first-order valence-electron chi connectivity index (χ1n) is 6.25. The third-order valence-corrected chi connectivity index (χ3v) is 3.80. The van der Waals surface area contributed by atoms with E-state index in [-0.39, 0.29) is 1.43 Å². The second-order valence-electron chi connectivity index (χ2n) is 5.26. The summed E-state index contributed by atoms with van der Waals surface area (Å²) in [5, 5.41) is 3.64. The Hall–Kier alpha value is -1.02. The van der Waals surface area contributed by atoms with Crippen LogP contribution in [0.4, 0.5) is 0 Å². The van der Waals surface area contributed by atoms with Gasteiger partial charge in [0.2, 0.25) is 0 Å². The van der Waals surface area contributed by atoms with Gasteiger partial charge in [-0.2, -0.15) is 0 Å². The van der Waals surface area contributed by atoms with E-state index < -0.39 is 0 Å². The van der Waals surface area contributed by atoms with Crippen molar-refractivity contribution in [2.75, 3.05) is 6.61 Å². The van der Waals surface area contributed by atoms with E-state index in [4.69, 9.17) is 4.74 Å². The van der Waals surface area contributed by atoms with Crippen LogP contribution < -0.4 is 10.1 Å². The first-order chi connectivity index (χ1) is 7.79. The van der Waals surface area contributed by atoms with Crippen LogP contribution in [0.1, 0.15) is 26.3 Å². The molecular formula is C14H21NO. The maximum Gasteiger partial charge on any atom is 0.119 e. The van der Waals surface area contributed by atoms with Gasteiger partial charge in [-0.25, -0.2) is 0 Å². The van der Waals surface area contributed by atoms with Crippen LogP contribution in [0.5, 0.6) is 5.75 Å². The van der Waals surface area contributed by atoms with Crippen molar-refractivity contribution in [3.63, 3.8) is 0 Å². The van der Waals surface area contributed by atoms with Gasteiger partial charge in [-0.15, -0.1) is 0 Å². The number of ether oxygens (including phenoxy) is 1. The quantitative estimate of drug-likeness (QED) is 0.844. The van der Waals surface area contributed by atoms with E-state index in [1.807, 2.05) is 0 Å². The molecule has 1 aromatic rings. The predicted molar refractivity (Wildman–Crippen MR) is 66.8 cm³/mol. The summed E-state index contributed by atoms with van der Waals surface area (Å²) in [5.74, 6) is 1.96. The topological polar surface area (TPSA) is 21.3 Å². The standard InChI is InChI=1S/C14H19NO.H2/c1-10-2-4-14(5-3-10)16-9-13-8-11-6-12(7-11)15-13;/h2-5,11-13,15H,6-9H2,1H3;1H. The second kappa shape index (κ2) is 4.10. The van der Waals surface area contributed by atoms with Crippen LogP contribution in [-0.4, -0.2) is 18.7 Å². The molecule has 1 unspecified atom stereocenters. The Morgan fingerprint density at radius 3 is 2.62 bits per heavy atom. The zero-order valence-electron chi connectivity index (χ0n) is 9.78. The fraction of sp³-hybridized carbons (Fsp3) is 0.571. The maximum atomic E-state index is 5.81. The lowest BCUT2D eigenvalue weighted by molar-refractivity contribution is 0.0900. The van der Waals surface area contributed by atoms with E-state index >= 15 is 0 Å². The van der Waals surface area contributed by atoms with Crippen molar-refractivity contribution < 1.29 is 6.16 Å². The SMILES string of the molecule is Cc1ccc(OCC2CC3CC(C3)N2)cc1.[HH]. The highest BCUT2D eigenvalue weighted by atomic mass is 16.5. The highest BCUT2D eigenvalue weighted by molar-refractivity contribution is 5.26. The normalized spacial score (nSPS) is 31.9. The first kappa shape index (κ1) is 10.2.